The lowest BCUT2D eigenvalue weighted by molar-refractivity contribution is 0.0516. The summed E-state index contributed by atoms with van der Waals surface area (Å²) in [5, 5.41) is 13.0. The largest absolute Gasteiger partial charge is 0.444 e. The Labute approximate surface area is 117 Å². The Hall–Kier alpha value is -1.62. The van der Waals surface area contributed by atoms with Crippen molar-refractivity contribution in [3.8, 4) is 0 Å². The molecule has 1 saturated carbocycles. The van der Waals surface area contributed by atoms with Crippen LogP contribution in [0.5, 0.6) is 0 Å². The van der Waals surface area contributed by atoms with E-state index in [0.717, 1.165) is 0 Å². The van der Waals surface area contributed by atoms with Crippen molar-refractivity contribution >= 4 is 6.09 Å². The van der Waals surface area contributed by atoms with Gasteiger partial charge in [0, 0.05) is 12.5 Å². The summed E-state index contributed by atoms with van der Waals surface area (Å²) < 4.78 is 18.3. The second-order valence-electron chi connectivity index (χ2n) is 6.22. The highest BCUT2D eigenvalue weighted by molar-refractivity contribution is 5.67. The molecule has 0 aromatic heterocycles. The fourth-order valence-corrected chi connectivity index (χ4v) is 2.19. The summed E-state index contributed by atoms with van der Waals surface area (Å²) in [6.45, 7) is 5.66. The maximum absolute atomic E-state index is 13.2. The van der Waals surface area contributed by atoms with E-state index >= 15 is 0 Å². The van der Waals surface area contributed by atoms with E-state index in [0.29, 0.717) is 18.5 Å². The van der Waals surface area contributed by atoms with Crippen LogP contribution < -0.4 is 5.32 Å². The Bertz CT molecular complexity index is 512. The van der Waals surface area contributed by atoms with Crippen molar-refractivity contribution in [2.45, 2.75) is 38.4 Å². The van der Waals surface area contributed by atoms with Crippen LogP contribution in [0.2, 0.25) is 0 Å². The molecule has 1 aliphatic carbocycles. The van der Waals surface area contributed by atoms with Gasteiger partial charge in [-0.3, -0.25) is 0 Å². The third-order valence-corrected chi connectivity index (χ3v) is 3.29. The zero-order valence-corrected chi connectivity index (χ0v) is 11.9. The van der Waals surface area contributed by atoms with Crippen LogP contribution in [-0.4, -0.2) is 23.3 Å². The van der Waals surface area contributed by atoms with Crippen LogP contribution in [0.1, 0.15) is 32.8 Å². The molecule has 1 amide bonds. The van der Waals surface area contributed by atoms with Crippen LogP contribution in [0, 0.1) is 11.7 Å². The number of alkyl carbamates (subject to hydrolysis) is 1. The van der Waals surface area contributed by atoms with E-state index < -0.39 is 17.3 Å². The Balaban J connectivity index is 1.87. The number of ether oxygens (including phenoxy) is 1. The van der Waals surface area contributed by atoms with Gasteiger partial charge in [0.15, 0.2) is 0 Å². The lowest BCUT2D eigenvalue weighted by Gasteiger charge is -2.20. The third kappa shape index (κ3) is 3.48. The van der Waals surface area contributed by atoms with Gasteiger partial charge in [-0.1, -0.05) is 12.1 Å². The number of rotatable bonds is 3. The molecular weight excluding hydrogens is 261 g/mol. The highest BCUT2D eigenvalue weighted by Crippen LogP contribution is 2.51. The Kier molecular flexibility index (Phi) is 3.73. The zero-order chi connectivity index (χ0) is 15.0. The fourth-order valence-electron chi connectivity index (χ4n) is 2.19. The van der Waals surface area contributed by atoms with Gasteiger partial charge in [-0.05, 0) is 44.9 Å². The number of carbonyl (C=O) groups excluding carboxylic acids is 1. The van der Waals surface area contributed by atoms with Gasteiger partial charge in [0.05, 0.1) is 5.60 Å². The van der Waals surface area contributed by atoms with Crippen molar-refractivity contribution in [1.29, 1.82) is 0 Å². The van der Waals surface area contributed by atoms with Crippen molar-refractivity contribution < 1.29 is 19.0 Å². The van der Waals surface area contributed by atoms with E-state index in [1.807, 2.05) is 0 Å². The lowest BCUT2D eigenvalue weighted by atomic mass is 10.1. The van der Waals surface area contributed by atoms with Crippen molar-refractivity contribution in [2.75, 3.05) is 6.54 Å². The minimum atomic E-state index is -1.04. The quantitative estimate of drug-likeness (QED) is 0.895. The Morgan fingerprint density at radius 2 is 2.25 bits per heavy atom. The van der Waals surface area contributed by atoms with Crippen LogP contribution in [-0.2, 0) is 10.3 Å². The number of hydrogen-bond donors (Lipinski definition) is 2. The maximum atomic E-state index is 13.2. The van der Waals surface area contributed by atoms with Gasteiger partial charge in [-0.25, -0.2) is 9.18 Å². The maximum Gasteiger partial charge on any atom is 0.407 e. The molecule has 1 aliphatic rings. The van der Waals surface area contributed by atoms with Crippen LogP contribution in [0.4, 0.5) is 9.18 Å². The van der Waals surface area contributed by atoms with Crippen LogP contribution in [0.25, 0.3) is 0 Å². The topological polar surface area (TPSA) is 58.6 Å². The Morgan fingerprint density at radius 3 is 2.85 bits per heavy atom. The van der Waals surface area contributed by atoms with Gasteiger partial charge < -0.3 is 15.2 Å². The average molecular weight is 281 g/mol. The van der Waals surface area contributed by atoms with Crippen LogP contribution >= 0.6 is 0 Å². The molecule has 5 heteroatoms. The van der Waals surface area contributed by atoms with Crippen LogP contribution in [0.3, 0.4) is 0 Å². The molecule has 20 heavy (non-hydrogen) atoms. The minimum absolute atomic E-state index is 0.114. The third-order valence-electron chi connectivity index (χ3n) is 3.29. The minimum Gasteiger partial charge on any atom is -0.444 e. The predicted octanol–water partition coefficient (Wildman–Crippen LogP) is 2.56. The second-order valence-corrected chi connectivity index (χ2v) is 6.22. The SMILES string of the molecule is CC(C)(C)OC(=O)NC[C@@H]1C[C@@]1(O)c1cccc(F)c1. The first-order valence-electron chi connectivity index (χ1n) is 6.66. The number of aliphatic hydroxyl groups is 1. The molecule has 1 aromatic rings. The van der Waals surface area contributed by atoms with E-state index in [4.69, 9.17) is 4.74 Å². The van der Waals surface area contributed by atoms with Crippen molar-refractivity contribution in [3.05, 3.63) is 35.6 Å². The molecule has 0 heterocycles. The molecule has 2 atom stereocenters. The van der Waals surface area contributed by atoms with Gasteiger partial charge in [-0.15, -0.1) is 0 Å². The molecule has 2 rings (SSSR count). The summed E-state index contributed by atoms with van der Waals surface area (Å²) in [7, 11) is 0. The van der Waals surface area contributed by atoms with Crippen molar-refractivity contribution in [3.63, 3.8) is 0 Å². The summed E-state index contributed by atoms with van der Waals surface area (Å²) in [4.78, 5) is 11.5. The van der Waals surface area contributed by atoms with E-state index in [1.54, 1.807) is 32.9 Å². The first-order valence-corrected chi connectivity index (χ1v) is 6.66. The van der Waals surface area contributed by atoms with Gasteiger partial charge in [0.25, 0.3) is 0 Å². The molecule has 0 aliphatic heterocycles. The van der Waals surface area contributed by atoms with Gasteiger partial charge >= 0.3 is 6.09 Å². The summed E-state index contributed by atoms with van der Waals surface area (Å²) in [5.74, 6) is -0.488. The Morgan fingerprint density at radius 1 is 1.55 bits per heavy atom. The number of carbonyl (C=O) groups is 1. The van der Waals surface area contributed by atoms with E-state index in [2.05, 4.69) is 5.32 Å². The fraction of sp³-hybridized carbons (Fsp3) is 0.533. The molecule has 0 radical (unpaired) electrons. The van der Waals surface area contributed by atoms with Crippen molar-refractivity contribution in [2.24, 2.45) is 5.92 Å². The monoisotopic (exact) mass is 281 g/mol. The van der Waals surface area contributed by atoms with E-state index in [1.165, 1.54) is 12.1 Å². The highest BCUT2D eigenvalue weighted by Gasteiger charge is 2.54. The molecule has 0 unspecified atom stereocenters. The van der Waals surface area contributed by atoms with Crippen LogP contribution in [0.15, 0.2) is 24.3 Å². The van der Waals surface area contributed by atoms with Crippen molar-refractivity contribution in [1.82, 2.24) is 5.32 Å². The first kappa shape index (κ1) is 14.8. The molecule has 1 fully saturated rings. The summed E-state index contributed by atoms with van der Waals surface area (Å²) in [5.41, 5.74) is -1.04. The molecule has 4 nitrogen and oxygen atoms in total. The highest BCUT2D eigenvalue weighted by atomic mass is 19.1. The summed E-state index contributed by atoms with van der Waals surface area (Å²) in [6, 6.07) is 5.92. The first-order chi connectivity index (χ1) is 9.21. The summed E-state index contributed by atoms with van der Waals surface area (Å²) in [6.07, 6.45) is -0.00214. The number of benzene rings is 1. The predicted molar refractivity (Wildman–Crippen MR) is 72.6 cm³/mol. The molecular formula is C15H20FNO3. The average Bonchev–Trinajstić information content (AvgIpc) is 2.97. The number of halogens is 1. The lowest BCUT2D eigenvalue weighted by Crippen LogP contribution is -2.34. The molecule has 0 spiro atoms. The number of amides is 1. The van der Waals surface area contributed by atoms with Gasteiger partial charge in [-0.2, -0.15) is 0 Å². The molecule has 2 N–H and O–H groups in total. The molecule has 0 bridgehead atoms. The van der Waals surface area contributed by atoms with Gasteiger partial charge in [0.1, 0.15) is 11.4 Å². The van der Waals surface area contributed by atoms with E-state index in [-0.39, 0.29) is 11.7 Å². The van der Waals surface area contributed by atoms with Gasteiger partial charge in [0.2, 0.25) is 0 Å². The molecule has 0 saturated heterocycles. The smallest absolute Gasteiger partial charge is 0.407 e. The number of nitrogens with one attached hydrogen (secondary N) is 1. The standard InChI is InChI=1S/C15H20FNO3/c1-14(2,3)20-13(18)17-9-11-8-15(11,19)10-5-4-6-12(16)7-10/h4-7,11,19H,8-9H2,1-3H3,(H,17,18)/t11-,15+/m0/s1. The second kappa shape index (κ2) is 5.05. The number of hydrogen-bond acceptors (Lipinski definition) is 3. The van der Waals surface area contributed by atoms with E-state index in [9.17, 15) is 14.3 Å². The molecule has 1 aromatic carbocycles. The zero-order valence-electron chi connectivity index (χ0n) is 11.9. The summed E-state index contributed by atoms with van der Waals surface area (Å²) >= 11 is 0. The normalized spacial score (nSPS) is 25.1. The molecule has 110 valence electrons.